The Morgan fingerprint density at radius 2 is 2.10 bits per heavy atom. The van der Waals surface area contributed by atoms with Crippen LogP contribution in [-0.2, 0) is 4.74 Å². The largest absolute Gasteiger partial charge is 0.496 e. The molecule has 0 saturated carbocycles. The molecule has 1 fully saturated rings. The van der Waals surface area contributed by atoms with Gasteiger partial charge in [0, 0.05) is 24.7 Å². The summed E-state index contributed by atoms with van der Waals surface area (Å²) in [5, 5.41) is 0.857. The van der Waals surface area contributed by atoms with Crippen molar-refractivity contribution in [3.8, 4) is 5.75 Å². The van der Waals surface area contributed by atoms with Crippen LogP contribution in [0.2, 0.25) is 0 Å². The number of morpholine rings is 1. The third kappa shape index (κ3) is 2.67. The molecule has 0 spiro atoms. The van der Waals surface area contributed by atoms with Gasteiger partial charge >= 0.3 is 0 Å². The predicted octanol–water partition coefficient (Wildman–Crippen LogP) is 1.42. The lowest BCUT2D eigenvalue weighted by Crippen LogP contribution is -2.40. The number of amides is 1. The van der Waals surface area contributed by atoms with Gasteiger partial charge in [-0.1, -0.05) is 0 Å². The van der Waals surface area contributed by atoms with E-state index in [2.05, 4.69) is 9.97 Å². The number of carbonyl (C=O) groups excluding carboxylic acids is 1. The van der Waals surface area contributed by atoms with E-state index in [4.69, 9.17) is 9.47 Å². The quantitative estimate of drug-likeness (QED) is 0.836. The Hall–Kier alpha value is -2.21. The van der Waals surface area contributed by atoms with E-state index < -0.39 is 0 Å². The minimum Gasteiger partial charge on any atom is -0.496 e. The van der Waals surface area contributed by atoms with Crippen LogP contribution in [-0.4, -0.2) is 54.2 Å². The second-order valence-corrected chi connectivity index (χ2v) is 4.93. The van der Waals surface area contributed by atoms with Gasteiger partial charge in [-0.25, -0.2) is 9.97 Å². The van der Waals surface area contributed by atoms with Crippen LogP contribution in [0.4, 0.5) is 0 Å². The summed E-state index contributed by atoms with van der Waals surface area (Å²) in [5.41, 5.74) is 1.28. The van der Waals surface area contributed by atoms with Gasteiger partial charge in [0.05, 0.1) is 31.4 Å². The first-order valence-corrected chi connectivity index (χ1v) is 6.87. The molecule has 0 unspecified atom stereocenters. The van der Waals surface area contributed by atoms with Gasteiger partial charge in [0.15, 0.2) is 0 Å². The van der Waals surface area contributed by atoms with E-state index in [1.165, 1.54) is 0 Å². The van der Waals surface area contributed by atoms with Crippen LogP contribution < -0.4 is 4.74 Å². The lowest BCUT2D eigenvalue weighted by atomic mass is 10.1. The highest BCUT2D eigenvalue weighted by Crippen LogP contribution is 2.26. The fraction of sp³-hybridized carbons (Fsp3) is 0.400. The number of aromatic nitrogens is 2. The van der Waals surface area contributed by atoms with Crippen LogP contribution in [0.15, 0.2) is 18.3 Å². The van der Waals surface area contributed by atoms with Crippen LogP contribution in [0, 0.1) is 6.92 Å². The third-order valence-electron chi connectivity index (χ3n) is 3.55. The van der Waals surface area contributed by atoms with Crippen molar-refractivity contribution >= 4 is 16.8 Å². The predicted molar refractivity (Wildman–Crippen MR) is 77.5 cm³/mol. The average Bonchev–Trinajstić information content (AvgIpc) is 2.53. The van der Waals surface area contributed by atoms with Gasteiger partial charge in [-0.2, -0.15) is 0 Å². The molecule has 1 aromatic heterocycles. The van der Waals surface area contributed by atoms with Gasteiger partial charge in [-0.15, -0.1) is 0 Å². The van der Waals surface area contributed by atoms with E-state index in [1.807, 2.05) is 13.0 Å². The minimum absolute atomic E-state index is 0.0479. The number of rotatable bonds is 2. The molecule has 21 heavy (non-hydrogen) atoms. The molecule has 0 bridgehead atoms. The SMILES string of the molecule is COc1cc2cnc(C)nc2cc1C(=O)N1CCOCC1. The Kier molecular flexibility index (Phi) is 3.70. The summed E-state index contributed by atoms with van der Waals surface area (Å²) in [5.74, 6) is 1.18. The van der Waals surface area contributed by atoms with Crippen molar-refractivity contribution in [2.45, 2.75) is 6.92 Å². The molecule has 1 aliphatic heterocycles. The van der Waals surface area contributed by atoms with E-state index in [-0.39, 0.29) is 5.91 Å². The molecule has 110 valence electrons. The molecule has 0 N–H and O–H groups in total. The number of carbonyl (C=O) groups is 1. The van der Waals surface area contributed by atoms with E-state index in [9.17, 15) is 4.79 Å². The van der Waals surface area contributed by atoms with Crippen LogP contribution in [0.1, 0.15) is 16.2 Å². The molecule has 2 heterocycles. The molecule has 1 aliphatic rings. The third-order valence-corrected chi connectivity index (χ3v) is 3.55. The van der Waals surface area contributed by atoms with Gasteiger partial charge in [-0.3, -0.25) is 4.79 Å². The van der Waals surface area contributed by atoms with Crippen LogP contribution in [0.5, 0.6) is 5.75 Å². The number of benzene rings is 1. The standard InChI is InChI=1S/C15H17N3O3/c1-10-16-9-11-7-14(20-2)12(8-13(11)17-10)15(19)18-3-5-21-6-4-18/h7-9H,3-6H2,1-2H3. The van der Waals surface area contributed by atoms with Crippen LogP contribution >= 0.6 is 0 Å². The number of hydrogen-bond donors (Lipinski definition) is 0. The van der Waals surface area contributed by atoms with Crippen molar-refractivity contribution in [3.05, 3.63) is 29.7 Å². The molecule has 6 heteroatoms. The summed E-state index contributed by atoms with van der Waals surface area (Å²) in [4.78, 5) is 23.0. The topological polar surface area (TPSA) is 64.6 Å². The van der Waals surface area contributed by atoms with E-state index in [0.717, 1.165) is 10.9 Å². The second kappa shape index (κ2) is 5.65. The Morgan fingerprint density at radius 3 is 2.81 bits per heavy atom. The first kappa shape index (κ1) is 13.8. The molecule has 2 aromatic rings. The number of hydrogen-bond acceptors (Lipinski definition) is 5. The average molecular weight is 287 g/mol. The minimum atomic E-state index is -0.0479. The number of fused-ring (bicyclic) bond motifs is 1. The van der Waals surface area contributed by atoms with Gasteiger partial charge in [-0.05, 0) is 19.1 Å². The summed E-state index contributed by atoms with van der Waals surface area (Å²) in [6.45, 7) is 4.17. The molecule has 0 atom stereocenters. The maximum atomic E-state index is 12.7. The molecule has 1 aromatic carbocycles. The van der Waals surface area contributed by atoms with Gasteiger partial charge in [0.25, 0.3) is 5.91 Å². The monoisotopic (exact) mass is 287 g/mol. The van der Waals surface area contributed by atoms with Crippen molar-refractivity contribution < 1.29 is 14.3 Å². The molecule has 0 aliphatic carbocycles. The molecular weight excluding hydrogens is 270 g/mol. The zero-order chi connectivity index (χ0) is 14.8. The first-order valence-electron chi connectivity index (χ1n) is 6.87. The zero-order valence-corrected chi connectivity index (χ0v) is 12.1. The molecule has 6 nitrogen and oxygen atoms in total. The molecular formula is C15H17N3O3. The van der Waals surface area contributed by atoms with Gasteiger partial charge in [0.1, 0.15) is 11.6 Å². The number of methoxy groups -OCH3 is 1. The van der Waals surface area contributed by atoms with Gasteiger partial charge < -0.3 is 14.4 Å². The lowest BCUT2D eigenvalue weighted by molar-refractivity contribution is 0.0301. The first-order chi connectivity index (χ1) is 10.2. The van der Waals surface area contributed by atoms with Crippen molar-refractivity contribution in [2.24, 2.45) is 0 Å². The second-order valence-electron chi connectivity index (χ2n) is 4.93. The molecule has 1 amide bonds. The summed E-state index contributed by atoms with van der Waals surface area (Å²) in [6.07, 6.45) is 1.74. The summed E-state index contributed by atoms with van der Waals surface area (Å²) < 4.78 is 10.6. The van der Waals surface area contributed by atoms with Crippen LogP contribution in [0.3, 0.4) is 0 Å². The fourth-order valence-electron chi connectivity index (χ4n) is 2.42. The summed E-state index contributed by atoms with van der Waals surface area (Å²) >= 11 is 0. The number of aryl methyl sites for hydroxylation is 1. The Morgan fingerprint density at radius 1 is 1.33 bits per heavy atom. The Labute approximate surface area is 122 Å². The lowest BCUT2D eigenvalue weighted by Gasteiger charge is -2.27. The van der Waals surface area contributed by atoms with E-state index in [1.54, 1.807) is 24.3 Å². The van der Waals surface area contributed by atoms with Crippen molar-refractivity contribution in [1.29, 1.82) is 0 Å². The summed E-state index contributed by atoms with van der Waals surface area (Å²) in [7, 11) is 1.56. The summed E-state index contributed by atoms with van der Waals surface area (Å²) in [6, 6.07) is 3.59. The highest BCUT2D eigenvalue weighted by molar-refractivity contribution is 6.00. The maximum absolute atomic E-state index is 12.7. The molecule has 1 saturated heterocycles. The maximum Gasteiger partial charge on any atom is 0.257 e. The van der Waals surface area contributed by atoms with Crippen molar-refractivity contribution in [3.63, 3.8) is 0 Å². The smallest absolute Gasteiger partial charge is 0.257 e. The van der Waals surface area contributed by atoms with Gasteiger partial charge in [0.2, 0.25) is 0 Å². The van der Waals surface area contributed by atoms with Crippen molar-refractivity contribution in [2.75, 3.05) is 33.4 Å². The van der Waals surface area contributed by atoms with E-state index >= 15 is 0 Å². The normalized spacial score (nSPS) is 15.2. The zero-order valence-electron chi connectivity index (χ0n) is 12.1. The Bertz CT molecular complexity index is 681. The van der Waals surface area contributed by atoms with Crippen molar-refractivity contribution in [1.82, 2.24) is 14.9 Å². The number of nitrogens with zero attached hydrogens (tertiary/aromatic N) is 3. The van der Waals surface area contributed by atoms with E-state index in [0.29, 0.717) is 43.4 Å². The highest BCUT2D eigenvalue weighted by Gasteiger charge is 2.22. The Balaban J connectivity index is 2.04. The fourth-order valence-corrected chi connectivity index (χ4v) is 2.42. The number of ether oxygens (including phenoxy) is 2. The molecule has 0 radical (unpaired) electrons. The van der Waals surface area contributed by atoms with Crippen LogP contribution in [0.25, 0.3) is 10.9 Å². The molecule has 3 rings (SSSR count). The highest BCUT2D eigenvalue weighted by atomic mass is 16.5.